The molecule has 0 unspecified atom stereocenters. The number of benzene rings is 7. The van der Waals surface area contributed by atoms with Crippen LogP contribution < -0.4 is 10.4 Å². The summed E-state index contributed by atoms with van der Waals surface area (Å²) in [6, 6.07) is 45.2. The molecule has 0 saturated heterocycles. The zero-order chi connectivity index (χ0) is 30.2. The Balaban J connectivity index is 1.45. The zero-order valence-corrected chi connectivity index (χ0v) is 24.7. The van der Waals surface area contributed by atoms with Crippen molar-refractivity contribution >= 4 is 62.7 Å². The average molecular weight is 561 g/mol. The fraction of sp³-hybridized carbons (Fsp3) is 0. The highest BCUT2D eigenvalue weighted by molar-refractivity contribution is 6.15. The molecular formula is C44H32. The Labute approximate surface area is 258 Å². The van der Waals surface area contributed by atoms with Crippen LogP contribution in [-0.4, -0.2) is 0 Å². The van der Waals surface area contributed by atoms with Crippen molar-refractivity contribution in [2.75, 3.05) is 0 Å². The van der Waals surface area contributed by atoms with Gasteiger partial charge >= 0.3 is 0 Å². The van der Waals surface area contributed by atoms with Crippen LogP contribution in [0.2, 0.25) is 0 Å². The second-order valence-electron chi connectivity index (χ2n) is 11.2. The Morgan fingerprint density at radius 2 is 1.14 bits per heavy atom. The first-order valence-corrected chi connectivity index (χ1v) is 14.9. The predicted octanol–water partition coefficient (Wildman–Crippen LogP) is 10.7. The summed E-state index contributed by atoms with van der Waals surface area (Å²) in [5.41, 5.74) is 8.72. The molecule has 0 atom stereocenters. The van der Waals surface area contributed by atoms with Crippen LogP contribution in [0.4, 0.5) is 0 Å². The third-order valence-corrected chi connectivity index (χ3v) is 8.64. The highest BCUT2D eigenvalue weighted by Gasteiger charge is 2.19. The molecular weight excluding hydrogens is 528 g/mol. The summed E-state index contributed by atoms with van der Waals surface area (Å²) in [6.45, 7) is 17.5. The average Bonchev–Trinajstić information content (AvgIpc) is 3.07. The van der Waals surface area contributed by atoms with Crippen LogP contribution in [0.15, 0.2) is 147 Å². The molecule has 0 aliphatic carbocycles. The van der Waals surface area contributed by atoms with Crippen LogP contribution in [-0.2, 0) is 0 Å². The first kappa shape index (κ1) is 27.1. The van der Waals surface area contributed by atoms with Crippen molar-refractivity contribution in [1.82, 2.24) is 0 Å². The Morgan fingerprint density at radius 3 is 1.91 bits per heavy atom. The topological polar surface area (TPSA) is 0 Å². The summed E-state index contributed by atoms with van der Waals surface area (Å²) in [7, 11) is 0. The SMILES string of the molecule is C=Cc1c(C=C)c(-c2cccc3ccccc23)c2ccccc2c1C(=C)C=c1cc(-c2ccc3ccccc3c2)ccc1=C. The summed E-state index contributed by atoms with van der Waals surface area (Å²) in [6.07, 6.45) is 6.07. The maximum absolute atomic E-state index is 4.63. The van der Waals surface area contributed by atoms with Gasteiger partial charge in [-0.15, -0.1) is 0 Å². The molecule has 7 rings (SSSR count). The van der Waals surface area contributed by atoms with Crippen molar-refractivity contribution in [3.05, 3.63) is 174 Å². The molecule has 0 aliphatic heterocycles. The molecule has 0 aromatic heterocycles. The van der Waals surface area contributed by atoms with Gasteiger partial charge in [-0.2, -0.15) is 0 Å². The van der Waals surface area contributed by atoms with E-state index in [1.807, 2.05) is 12.2 Å². The van der Waals surface area contributed by atoms with Crippen molar-refractivity contribution in [3.63, 3.8) is 0 Å². The smallest absolute Gasteiger partial charge is 0.00204 e. The van der Waals surface area contributed by atoms with Crippen LogP contribution in [0.3, 0.4) is 0 Å². The number of rotatable bonds is 6. The Bertz CT molecular complexity index is 2400. The number of allylic oxidation sites excluding steroid dienone is 1. The van der Waals surface area contributed by atoms with Gasteiger partial charge in [-0.05, 0) is 105 Å². The van der Waals surface area contributed by atoms with E-state index in [4.69, 9.17) is 0 Å². The van der Waals surface area contributed by atoms with Gasteiger partial charge in [0.25, 0.3) is 0 Å². The van der Waals surface area contributed by atoms with Crippen molar-refractivity contribution in [2.45, 2.75) is 0 Å². The van der Waals surface area contributed by atoms with Crippen molar-refractivity contribution in [2.24, 2.45) is 0 Å². The summed E-state index contributed by atoms with van der Waals surface area (Å²) in [5.74, 6) is 0. The molecule has 0 heterocycles. The van der Waals surface area contributed by atoms with E-state index < -0.39 is 0 Å². The van der Waals surface area contributed by atoms with Gasteiger partial charge in [0.1, 0.15) is 0 Å². The Kier molecular flexibility index (Phi) is 6.89. The largest absolute Gasteiger partial charge is 0.0984 e. The summed E-state index contributed by atoms with van der Waals surface area (Å²) >= 11 is 0. The highest BCUT2D eigenvalue weighted by atomic mass is 14.2. The fourth-order valence-electron chi connectivity index (χ4n) is 6.52. The lowest BCUT2D eigenvalue weighted by atomic mass is 9.82. The molecule has 0 radical (unpaired) electrons. The van der Waals surface area contributed by atoms with E-state index in [1.54, 1.807) is 0 Å². The minimum Gasteiger partial charge on any atom is -0.0984 e. The van der Waals surface area contributed by atoms with E-state index in [9.17, 15) is 0 Å². The van der Waals surface area contributed by atoms with E-state index in [-0.39, 0.29) is 0 Å². The summed E-state index contributed by atoms with van der Waals surface area (Å²) in [4.78, 5) is 0. The molecule has 0 aliphatic rings. The van der Waals surface area contributed by atoms with Crippen molar-refractivity contribution < 1.29 is 0 Å². The van der Waals surface area contributed by atoms with Crippen LogP contribution in [0.5, 0.6) is 0 Å². The molecule has 0 spiro atoms. The molecule has 7 aromatic rings. The van der Waals surface area contributed by atoms with Crippen molar-refractivity contribution in [3.8, 4) is 22.3 Å². The number of hydrogen-bond donors (Lipinski definition) is 0. The minimum absolute atomic E-state index is 0.907. The lowest BCUT2D eigenvalue weighted by Gasteiger charge is -2.21. The molecule has 0 N–H and O–H groups in total. The van der Waals surface area contributed by atoms with E-state index in [0.29, 0.717) is 0 Å². The van der Waals surface area contributed by atoms with E-state index >= 15 is 0 Å². The van der Waals surface area contributed by atoms with Gasteiger partial charge in [0.15, 0.2) is 0 Å². The lowest BCUT2D eigenvalue weighted by Crippen LogP contribution is -2.22. The zero-order valence-electron chi connectivity index (χ0n) is 24.7. The number of hydrogen-bond acceptors (Lipinski definition) is 0. The maximum atomic E-state index is 4.63. The second kappa shape index (κ2) is 11.2. The third kappa shape index (κ3) is 4.58. The van der Waals surface area contributed by atoms with Gasteiger partial charge in [0.2, 0.25) is 0 Å². The Morgan fingerprint density at radius 1 is 0.523 bits per heavy atom. The quantitative estimate of drug-likeness (QED) is 0.190. The third-order valence-electron chi connectivity index (χ3n) is 8.64. The first-order valence-electron chi connectivity index (χ1n) is 14.9. The molecule has 0 amide bonds. The van der Waals surface area contributed by atoms with Gasteiger partial charge in [-0.1, -0.05) is 154 Å². The number of fused-ring (bicyclic) bond motifs is 3. The molecule has 0 bridgehead atoms. The lowest BCUT2D eigenvalue weighted by molar-refractivity contribution is 1.52. The van der Waals surface area contributed by atoms with Crippen LogP contribution in [0, 0.1) is 0 Å². The molecule has 7 aromatic carbocycles. The Hall–Kier alpha value is -5.72. The first-order chi connectivity index (χ1) is 21.6. The van der Waals surface area contributed by atoms with Crippen LogP contribution in [0.25, 0.3) is 85.0 Å². The van der Waals surface area contributed by atoms with E-state index in [2.05, 4.69) is 160 Å². The van der Waals surface area contributed by atoms with Crippen molar-refractivity contribution in [1.29, 1.82) is 0 Å². The fourth-order valence-corrected chi connectivity index (χ4v) is 6.52. The van der Waals surface area contributed by atoms with Crippen LogP contribution in [0.1, 0.15) is 16.7 Å². The van der Waals surface area contributed by atoms with Gasteiger partial charge < -0.3 is 0 Å². The summed E-state index contributed by atoms with van der Waals surface area (Å²) in [5, 5.41) is 9.17. The molecule has 208 valence electrons. The van der Waals surface area contributed by atoms with E-state index in [1.165, 1.54) is 32.7 Å². The van der Waals surface area contributed by atoms with Gasteiger partial charge in [-0.3, -0.25) is 0 Å². The second-order valence-corrected chi connectivity index (χ2v) is 11.2. The van der Waals surface area contributed by atoms with Gasteiger partial charge in [0, 0.05) is 0 Å². The molecule has 44 heavy (non-hydrogen) atoms. The van der Waals surface area contributed by atoms with Gasteiger partial charge in [0.05, 0.1) is 0 Å². The highest BCUT2D eigenvalue weighted by Crippen LogP contribution is 2.43. The maximum Gasteiger partial charge on any atom is -0.00204 e. The normalized spacial score (nSPS) is 11.7. The monoisotopic (exact) mass is 560 g/mol. The van der Waals surface area contributed by atoms with Crippen LogP contribution >= 0.6 is 0 Å². The molecule has 0 heteroatoms. The molecule has 0 fully saturated rings. The standard InChI is InChI=1S/C44H32/c1-5-37-38(6-2)44(40-21-13-17-32-15-9-10-18-39(32)40)42-20-12-11-19-41(42)43(37)30(4)26-36-28-34(23-22-29(36)3)35-25-24-31-14-7-8-16-33(31)27-35/h5-28H,1-4H2. The van der Waals surface area contributed by atoms with E-state index in [0.717, 1.165) is 54.6 Å². The predicted molar refractivity (Wildman–Crippen MR) is 195 cm³/mol. The summed E-state index contributed by atoms with van der Waals surface area (Å²) < 4.78 is 0. The van der Waals surface area contributed by atoms with Gasteiger partial charge in [-0.25, -0.2) is 0 Å². The minimum atomic E-state index is 0.907. The molecule has 0 saturated carbocycles. The molecule has 0 nitrogen and oxygen atoms in total.